The van der Waals surface area contributed by atoms with Crippen LogP contribution in [0.3, 0.4) is 0 Å². The highest BCUT2D eigenvalue weighted by atomic mass is 15.3. The summed E-state index contributed by atoms with van der Waals surface area (Å²) >= 11 is 0. The molecule has 3 N–H and O–H groups in total. The fraction of sp³-hybridized carbons (Fsp3) is 0.273. The Labute approximate surface area is 94.3 Å². The average molecular weight is 217 g/mol. The SMILES string of the molecule is Cc1ccc(C(NN)c2cnn(C)c2)cn1. The maximum absolute atomic E-state index is 5.57. The van der Waals surface area contributed by atoms with Gasteiger partial charge in [-0.1, -0.05) is 6.07 Å². The summed E-state index contributed by atoms with van der Waals surface area (Å²) in [6, 6.07) is 3.91. The Hall–Kier alpha value is -1.72. The fourth-order valence-electron chi connectivity index (χ4n) is 1.62. The Morgan fingerprint density at radius 2 is 2.12 bits per heavy atom. The van der Waals surface area contributed by atoms with Gasteiger partial charge in [0.15, 0.2) is 0 Å². The molecule has 0 aliphatic rings. The van der Waals surface area contributed by atoms with Crippen molar-refractivity contribution in [3.8, 4) is 0 Å². The van der Waals surface area contributed by atoms with Gasteiger partial charge in [-0.2, -0.15) is 5.10 Å². The molecule has 0 amide bonds. The Kier molecular flexibility index (Phi) is 2.98. The Morgan fingerprint density at radius 1 is 1.31 bits per heavy atom. The topological polar surface area (TPSA) is 68.8 Å². The average Bonchev–Trinajstić information content (AvgIpc) is 2.69. The van der Waals surface area contributed by atoms with E-state index in [4.69, 9.17) is 5.84 Å². The first-order valence-electron chi connectivity index (χ1n) is 5.08. The van der Waals surface area contributed by atoms with Crippen LogP contribution in [0.15, 0.2) is 30.7 Å². The molecule has 0 saturated heterocycles. The number of hydrogen-bond acceptors (Lipinski definition) is 4. The van der Waals surface area contributed by atoms with Gasteiger partial charge in [-0.15, -0.1) is 0 Å². The normalized spacial score (nSPS) is 12.7. The van der Waals surface area contributed by atoms with Crippen LogP contribution in [0.5, 0.6) is 0 Å². The molecule has 0 spiro atoms. The lowest BCUT2D eigenvalue weighted by Gasteiger charge is -2.14. The molecular formula is C11H15N5. The van der Waals surface area contributed by atoms with Crippen LogP contribution < -0.4 is 11.3 Å². The quantitative estimate of drug-likeness (QED) is 0.586. The Balaban J connectivity index is 2.32. The largest absolute Gasteiger partial charge is 0.275 e. The van der Waals surface area contributed by atoms with E-state index in [1.165, 1.54) is 0 Å². The van der Waals surface area contributed by atoms with Gasteiger partial charge in [-0.05, 0) is 18.6 Å². The smallest absolute Gasteiger partial charge is 0.0755 e. The van der Waals surface area contributed by atoms with Gasteiger partial charge < -0.3 is 0 Å². The minimum atomic E-state index is -0.0678. The summed E-state index contributed by atoms with van der Waals surface area (Å²) in [6.07, 6.45) is 5.56. The van der Waals surface area contributed by atoms with Gasteiger partial charge in [0.05, 0.1) is 12.2 Å². The van der Waals surface area contributed by atoms with Crippen LogP contribution in [0, 0.1) is 6.92 Å². The Bertz CT molecular complexity index is 459. The summed E-state index contributed by atoms with van der Waals surface area (Å²) < 4.78 is 1.75. The molecule has 0 fully saturated rings. The van der Waals surface area contributed by atoms with Crippen molar-refractivity contribution in [2.45, 2.75) is 13.0 Å². The molecule has 2 aromatic heterocycles. The highest BCUT2D eigenvalue weighted by molar-refractivity contribution is 5.27. The van der Waals surface area contributed by atoms with Crippen molar-refractivity contribution in [3.05, 3.63) is 47.5 Å². The molecule has 0 aliphatic carbocycles. The summed E-state index contributed by atoms with van der Waals surface area (Å²) in [5.41, 5.74) is 5.82. The highest BCUT2D eigenvalue weighted by Crippen LogP contribution is 2.19. The van der Waals surface area contributed by atoms with E-state index >= 15 is 0 Å². The van der Waals surface area contributed by atoms with Crippen molar-refractivity contribution < 1.29 is 0 Å². The van der Waals surface area contributed by atoms with Crippen molar-refractivity contribution in [1.29, 1.82) is 0 Å². The summed E-state index contributed by atoms with van der Waals surface area (Å²) in [5, 5.41) is 4.13. The number of aryl methyl sites for hydroxylation is 2. The summed E-state index contributed by atoms with van der Waals surface area (Å²) in [4.78, 5) is 4.26. The predicted octanol–water partition coefficient (Wildman–Crippen LogP) is 0.676. The lowest BCUT2D eigenvalue weighted by Crippen LogP contribution is -2.28. The summed E-state index contributed by atoms with van der Waals surface area (Å²) in [6.45, 7) is 1.96. The van der Waals surface area contributed by atoms with Gasteiger partial charge >= 0.3 is 0 Å². The molecule has 5 heteroatoms. The zero-order valence-corrected chi connectivity index (χ0v) is 9.38. The first kappa shape index (κ1) is 10.8. The van der Waals surface area contributed by atoms with Gasteiger partial charge in [0, 0.05) is 30.7 Å². The second-order valence-electron chi connectivity index (χ2n) is 3.78. The highest BCUT2D eigenvalue weighted by Gasteiger charge is 2.13. The Morgan fingerprint density at radius 3 is 2.62 bits per heavy atom. The minimum absolute atomic E-state index is 0.0678. The summed E-state index contributed by atoms with van der Waals surface area (Å²) in [5.74, 6) is 5.57. The van der Waals surface area contributed by atoms with Crippen molar-refractivity contribution in [2.75, 3.05) is 0 Å². The third-order valence-corrected chi connectivity index (χ3v) is 2.49. The molecular weight excluding hydrogens is 202 g/mol. The molecule has 0 saturated carbocycles. The lowest BCUT2D eigenvalue weighted by atomic mass is 10.0. The molecule has 5 nitrogen and oxygen atoms in total. The van der Waals surface area contributed by atoms with Crippen LogP contribution in [-0.4, -0.2) is 14.8 Å². The molecule has 2 heterocycles. The van der Waals surface area contributed by atoms with E-state index in [2.05, 4.69) is 15.5 Å². The molecule has 1 atom stereocenters. The molecule has 2 rings (SSSR count). The van der Waals surface area contributed by atoms with E-state index < -0.39 is 0 Å². The number of hydrazine groups is 1. The molecule has 0 radical (unpaired) electrons. The molecule has 0 bridgehead atoms. The van der Waals surface area contributed by atoms with Gasteiger partial charge in [-0.25, -0.2) is 5.43 Å². The molecule has 16 heavy (non-hydrogen) atoms. The molecule has 2 aromatic rings. The van der Waals surface area contributed by atoms with Crippen molar-refractivity contribution in [3.63, 3.8) is 0 Å². The number of aromatic nitrogens is 3. The number of hydrogen-bond donors (Lipinski definition) is 2. The third-order valence-electron chi connectivity index (χ3n) is 2.49. The number of pyridine rings is 1. The van der Waals surface area contributed by atoms with E-state index in [0.29, 0.717) is 0 Å². The van der Waals surface area contributed by atoms with Crippen LogP contribution in [0.1, 0.15) is 22.9 Å². The second-order valence-corrected chi connectivity index (χ2v) is 3.78. The maximum atomic E-state index is 5.57. The summed E-state index contributed by atoms with van der Waals surface area (Å²) in [7, 11) is 1.88. The number of nitrogens with zero attached hydrogens (tertiary/aromatic N) is 3. The third kappa shape index (κ3) is 2.10. The zero-order valence-electron chi connectivity index (χ0n) is 9.38. The van der Waals surface area contributed by atoms with E-state index in [1.807, 2.05) is 38.5 Å². The number of nitrogens with two attached hydrogens (primary N) is 1. The minimum Gasteiger partial charge on any atom is -0.275 e. The molecule has 0 aromatic carbocycles. The van der Waals surface area contributed by atoms with Crippen molar-refractivity contribution >= 4 is 0 Å². The van der Waals surface area contributed by atoms with Crippen LogP contribution in [0.4, 0.5) is 0 Å². The van der Waals surface area contributed by atoms with E-state index in [9.17, 15) is 0 Å². The molecule has 1 unspecified atom stereocenters. The number of rotatable bonds is 3. The number of nitrogens with one attached hydrogen (secondary N) is 1. The standard InChI is InChI=1S/C11H15N5/c1-8-3-4-9(5-13-8)11(15-12)10-6-14-16(2)7-10/h3-7,11,15H,12H2,1-2H3. The van der Waals surface area contributed by atoms with Crippen LogP contribution >= 0.6 is 0 Å². The first-order valence-corrected chi connectivity index (χ1v) is 5.08. The second kappa shape index (κ2) is 4.42. The van der Waals surface area contributed by atoms with Crippen molar-refractivity contribution in [1.82, 2.24) is 20.2 Å². The molecule has 84 valence electrons. The van der Waals surface area contributed by atoms with Gasteiger partial charge in [0.25, 0.3) is 0 Å². The lowest BCUT2D eigenvalue weighted by molar-refractivity contribution is 0.633. The van der Waals surface area contributed by atoms with Crippen LogP contribution in [0.25, 0.3) is 0 Å². The van der Waals surface area contributed by atoms with Gasteiger partial charge in [0.1, 0.15) is 0 Å². The first-order chi connectivity index (χ1) is 7.70. The van der Waals surface area contributed by atoms with Gasteiger partial charge in [-0.3, -0.25) is 15.5 Å². The fourth-order valence-corrected chi connectivity index (χ4v) is 1.62. The molecule has 0 aliphatic heterocycles. The van der Waals surface area contributed by atoms with Gasteiger partial charge in [0.2, 0.25) is 0 Å². The monoisotopic (exact) mass is 217 g/mol. The maximum Gasteiger partial charge on any atom is 0.0755 e. The van der Waals surface area contributed by atoms with E-state index in [0.717, 1.165) is 16.8 Å². The van der Waals surface area contributed by atoms with E-state index in [-0.39, 0.29) is 6.04 Å². The zero-order chi connectivity index (χ0) is 11.5. The van der Waals surface area contributed by atoms with Crippen LogP contribution in [0.2, 0.25) is 0 Å². The predicted molar refractivity (Wildman–Crippen MR) is 61.3 cm³/mol. The van der Waals surface area contributed by atoms with Crippen molar-refractivity contribution in [2.24, 2.45) is 12.9 Å². The van der Waals surface area contributed by atoms with E-state index in [1.54, 1.807) is 10.9 Å². The van der Waals surface area contributed by atoms with Crippen LogP contribution in [-0.2, 0) is 7.05 Å².